The van der Waals surface area contributed by atoms with Crippen LogP contribution in [0.2, 0.25) is 0 Å². The van der Waals surface area contributed by atoms with Gasteiger partial charge in [0, 0.05) is 5.56 Å². The predicted molar refractivity (Wildman–Crippen MR) is 75.1 cm³/mol. The smallest absolute Gasteiger partial charge is 0.206 e. The lowest BCUT2D eigenvalue weighted by Crippen LogP contribution is -2.05. The molecule has 0 fully saturated rings. The third-order valence-electron chi connectivity index (χ3n) is 2.93. The van der Waals surface area contributed by atoms with E-state index in [0.717, 1.165) is 29.8 Å². The normalized spacial score (nSPS) is 10.5. The van der Waals surface area contributed by atoms with E-state index in [4.69, 9.17) is 4.74 Å². The van der Waals surface area contributed by atoms with E-state index in [1.807, 2.05) is 13.0 Å². The fraction of sp³-hybridized carbons (Fsp3) is 0.357. The summed E-state index contributed by atoms with van der Waals surface area (Å²) >= 11 is 1.17. The van der Waals surface area contributed by atoms with Crippen molar-refractivity contribution in [1.29, 1.82) is 0 Å². The minimum Gasteiger partial charge on any atom is -0.497 e. The molecule has 0 bridgehead atoms. The molecule has 4 nitrogen and oxygen atoms in total. The molecule has 0 aliphatic carbocycles. The lowest BCUT2D eigenvalue weighted by molar-refractivity contribution is 0.104. The highest BCUT2D eigenvalue weighted by Gasteiger charge is 2.19. The topological polar surface area (TPSA) is 52.1 Å². The van der Waals surface area contributed by atoms with E-state index in [2.05, 4.69) is 16.5 Å². The van der Waals surface area contributed by atoms with Crippen LogP contribution < -0.4 is 4.74 Å². The van der Waals surface area contributed by atoms with E-state index in [1.165, 1.54) is 11.5 Å². The van der Waals surface area contributed by atoms with E-state index in [1.54, 1.807) is 19.2 Å². The van der Waals surface area contributed by atoms with Gasteiger partial charge in [-0.05, 0) is 48.6 Å². The summed E-state index contributed by atoms with van der Waals surface area (Å²) < 4.78 is 9.05. The summed E-state index contributed by atoms with van der Waals surface area (Å²) in [4.78, 5) is 13.2. The van der Waals surface area contributed by atoms with Crippen molar-refractivity contribution in [2.24, 2.45) is 0 Å². The first kappa shape index (κ1) is 13.7. The number of ether oxygens (including phenoxy) is 1. The van der Waals surface area contributed by atoms with Crippen molar-refractivity contribution in [2.45, 2.75) is 26.7 Å². The monoisotopic (exact) mass is 276 g/mol. The second kappa shape index (κ2) is 5.93. The Morgan fingerprint density at radius 3 is 2.84 bits per heavy atom. The van der Waals surface area contributed by atoms with E-state index in [9.17, 15) is 4.79 Å². The number of benzene rings is 1. The standard InChI is InChI=1S/C14H16N2O2S/c1-4-5-12-14(19-16-15-12)13(17)11-7-6-10(18-3)8-9(11)2/h6-8H,4-5H2,1-3H3. The number of ketones is 1. The molecule has 0 N–H and O–H groups in total. The van der Waals surface area contributed by atoms with Crippen LogP contribution in [0.1, 0.15) is 39.8 Å². The number of hydrogen-bond acceptors (Lipinski definition) is 5. The van der Waals surface area contributed by atoms with Gasteiger partial charge in [-0.3, -0.25) is 4.79 Å². The van der Waals surface area contributed by atoms with Crippen molar-refractivity contribution in [3.05, 3.63) is 39.9 Å². The molecule has 2 rings (SSSR count). The highest BCUT2D eigenvalue weighted by Crippen LogP contribution is 2.23. The third kappa shape index (κ3) is 2.81. The van der Waals surface area contributed by atoms with Gasteiger partial charge in [0.2, 0.25) is 5.78 Å². The van der Waals surface area contributed by atoms with E-state index < -0.39 is 0 Å². The number of carbonyl (C=O) groups is 1. The van der Waals surface area contributed by atoms with Crippen LogP contribution in [0.15, 0.2) is 18.2 Å². The Bertz CT molecular complexity index is 593. The minimum atomic E-state index is -0.00129. The number of hydrogen-bond donors (Lipinski definition) is 0. The molecule has 0 saturated heterocycles. The second-order valence-corrected chi connectivity index (χ2v) is 5.06. The van der Waals surface area contributed by atoms with Crippen molar-refractivity contribution in [3.63, 3.8) is 0 Å². The zero-order valence-electron chi connectivity index (χ0n) is 11.3. The Morgan fingerprint density at radius 2 is 2.21 bits per heavy atom. The number of rotatable bonds is 5. The number of nitrogens with zero attached hydrogens (tertiary/aromatic N) is 2. The van der Waals surface area contributed by atoms with Crippen LogP contribution in [0.4, 0.5) is 0 Å². The average molecular weight is 276 g/mol. The van der Waals surface area contributed by atoms with Crippen LogP contribution in [0, 0.1) is 6.92 Å². The Hall–Kier alpha value is -1.75. The Kier molecular flexibility index (Phi) is 4.27. The summed E-state index contributed by atoms with van der Waals surface area (Å²) in [6.07, 6.45) is 1.74. The SMILES string of the molecule is CCCc1nnsc1C(=O)c1ccc(OC)cc1C. The molecule has 0 spiro atoms. The quantitative estimate of drug-likeness (QED) is 0.788. The van der Waals surface area contributed by atoms with Gasteiger partial charge in [0.1, 0.15) is 10.6 Å². The molecule has 1 aromatic carbocycles. The van der Waals surface area contributed by atoms with E-state index in [-0.39, 0.29) is 5.78 Å². The summed E-state index contributed by atoms with van der Waals surface area (Å²) in [5.41, 5.74) is 2.39. The van der Waals surface area contributed by atoms with Gasteiger partial charge >= 0.3 is 0 Å². The van der Waals surface area contributed by atoms with Crippen molar-refractivity contribution in [2.75, 3.05) is 7.11 Å². The highest BCUT2D eigenvalue weighted by atomic mass is 32.1. The zero-order chi connectivity index (χ0) is 13.8. The fourth-order valence-electron chi connectivity index (χ4n) is 1.92. The van der Waals surface area contributed by atoms with Crippen LogP contribution in [0.25, 0.3) is 0 Å². The lowest BCUT2D eigenvalue weighted by atomic mass is 10.0. The molecule has 0 aliphatic heterocycles. The molecule has 19 heavy (non-hydrogen) atoms. The molecule has 5 heteroatoms. The van der Waals surface area contributed by atoms with Gasteiger partial charge < -0.3 is 4.74 Å². The summed E-state index contributed by atoms with van der Waals surface area (Å²) in [5, 5.41) is 4.04. The van der Waals surface area contributed by atoms with Gasteiger partial charge in [0.15, 0.2) is 0 Å². The lowest BCUT2D eigenvalue weighted by Gasteiger charge is -2.06. The first-order valence-corrected chi connectivity index (χ1v) is 6.95. The van der Waals surface area contributed by atoms with Gasteiger partial charge in [-0.25, -0.2) is 0 Å². The first-order valence-electron chi connectivity index (χ1n) is 6.18. The van der Waals surface area contributed by atoms with E-state index >= 15 is 0 Å². The van der Waals surface area contributed by atoms with Crippen molar-refractivity contribution in [3.8, 4) is 5.75 Å². The van der Waals surface area contributed by atoms with Crippen molar-refractivity contribution in [1.82, 2.24) is 9.59 Å². The summed E-state index contributed by atoms with van der Waals surface area (Å²) in [7, 11) is 1.61. The Balaban J connectivity index is 2.36. The molecule has 0 radical (unpaired) electrons. The van der Waals surface area contributed by atoms with Gasteiger partial charge in [0.05, 0.1) is 12.8 Å². The molecular weight excluding hydrogens is 260 g/mol. The number of aromatic nitrogens is 2. The number of carbonyl (C=O) groups excluding carboxylic acids is 1. The third-order valence-corrected chi connectivity index (χ3v) is 3.69. The predicted octanol–water partition coefficient (Wildman–Crippen LogP) is 3.04. The summed E-state index contributed by atoms with van der Waals surface area (Å²) in [5.74, 6) is 0.754. The van der Waals surface area contributed by atoms with Crippen LogP contribution in [0.3, 0.4) is 0 Å². The first-order chi connectivity index (χ1) is 9.17. The minimum absolute atomic E-state index is 0.00129. The van der Waals surface area contributed by atoms with E-state index in [0.29, 0.717) is 10.4 Å². The van der Waals surface area contributed by atoms with Crippen LogP contribution in [-0.2, 0) is 6.42 Å². The van der Waals surface area contributed by atoms with Crippen molar-refractivity contribution >= 4 is 17.3 Å². The maximum Gasteiger partial charge on any atom is 0.206 e. The highest BCUT2D eigenvalue weighted by molar-refractivity contribution is 7.08. The molecular formula is C14H16N2O2S. The molecule has 0 aliphatic rings. The maximum absolute atomic E-state index is 12.5. The van der Waals surface area contributed by atoms with Gasteiger partial charge in [-0.2, -0.15) is 0 Å². The van der Waals surface area contributed by atoms with Gasteiger partial charge in [-0.15, -0.1) is 5.10 Å². The molecule has 1 aromatic heterocycles. The average Bonchev–Trinajstić information content (AvgIpc) is 2.86. The molecule has 0 saturated carbocycles. The van der Waals surface area contributed by atoms with Crippen molar-refractivity contribution < 1.29 is 9.53 Å². The number of aryl methyl sites for hydroxylation is 2. The summed E-state index contributed by atoms with van der Waals surface area (Å²) in [6, 6.07) is 5.46. The molecule has 100 valence electrons. The Morgan fingerprint density at radius 1 is 1.42 bits per heavy atom. The molecule has 0 amide bonds. The van der Waals surface area contributed by atoms with Gasteiger partial charge in [-0.1, -0.05) is 17.8 Å². The van der Waals surface area contributed by atoms with Crippen LogP contribution in [0.5, 0.6) is 5.75 Å². The van der Waals surface area contributed by atoms with Crippen LogP contribution >= 0.6 is 11.5 Å². The van der Waals surface area contributed by atoms with Crippen LogP contribution in [-0.4, -0.2) is 22.5 Å². The molecule has 2 aromatic rings. The molecule has 0 unspecified atom stereocenters. The largest absolute Gasteiger partial charge is 0.497 e. The fourth-order valence-corrected chi connectivity index (χ4v) is 2.58. The molecule has 1 heterocycles. The van der Waals surface area contributed by atoms with Gasteiger partial charge in [0.25, 0.3) is 0 Å². The number of methoxy groups -OCH3 is 1. The Labute approximate surface area is 116 Å². The zero-order valence-corrected chi connectivity index (χ0v) is 12.1. The molecule has 0 atom stereocenters. The second-order valence-electron chi connectivity index (χ2n) is 4.31. The maximum atomic E-state index is 12.5. The summed E-state index contributed by atoms with van der Waals surface area (Å²) in [6.45, 7) is 3.97.